The van der Waals surface area contributed by atoms with E-state index in [2.05, 4.69) is 30.0 Å². The topological polar surface area (TPSA) is 145 Å². The summed E-state index contributed by atoms with van der Waals surface area (Å²) in [6.07, 6.45) is 7.45. The second kappa shape index (κ2) is 10.4. The van der Waals surface area contributed by atoms with Gasteiger partial charge in [0.05, 0.1) is 53.2 Å². The molecule has 1 aliphatic carbocycles. The van der Waals surface area contributed by atoms with E-state index in [1.54, 1.807) is 24.5 Å². The molecule has 0 radical (unpaired) electrons. The maximum Gasteiger partial charge on any atom is 0.280 e. The fourth-order valence-corrected chi connectivity index (χ4v) is 5.25. The van der Waals surface area contributed by atoms with Crippen LogP contribution in [0.1, 0.15) is 41.3 Å². The molecule has 1 aliphatic rings. The number of pyridine rings is 1. The number of aromatic nitrogens is 4. The number of nitrogens with one attached hydrogen (secondary N) is 2. The van der Waals surface area contributed by atoms with Crippen LogP contribution in [0.3, 0.4) is 0 Å². The number of nitrogens with zero attached hydrogens (tertiary/aromatic N) is 4. The smallest absolute Gasteiger partial charge is 0.280 e. The highest BCUT2D eigenvalue weighted by molar-refractivity contribution is 7.93. The van der Waals surface area contributed by atoms with E-state index in [-0.39, 0.29) is 16.9 Å². The number of sulfonamides is 1. The highest BCUT2D eigenvalue weighted by atomic mass is 32.2. The van der Waals surface area contributed by atoms with Crippen molar-refractivity contribution in [2.24, 2.45) is 0 Å². The van der Waals surface area contributed by atoms with Crippen molar-refractivity contribution >= 4 is 33.0 Å². The van der Waals surface area contributed by atoms with E-state index in [0.717, 1.165) is 11.3 Å². The molecule has 0 aromatic carbocycles. The monoisotopic (exact) mass is 504 g/mol. The third-order valence-corrected chi connectivity index (χ3v) is 7.75. The lowest BCUT2D eigenvalue weighted by molar-refractivity contribution is 0.0894. The lowest BCUT2D eigenvalue weighted by atomic mass is 10.2. The van der Waals surface area contributed by atoms with Crippen LogP contribution in [0, 0.1) is 0 Å². The van der Waals surface area contributed by atoms with E-state index >= 15 is 0 Å². The number of anilines is 1. The average Bonchev–Trinajstić information content (AvgIpc) is 3.57. The summed E-state index contributed by atoms with van der Waals surface area (Å²) in [7, 11) is -1.91. The first kappa shape index (κ1) is 24.0. The lowest BCUT2D eigenvalue weighted by Gasteiger charge is -2.18. The molecule has 1 saturated carbocycles. The number of thiazole rings is 1. The molecule has 3 aromatic rings. The van der Waals surface area contributed by atoms with E-state index in [1.165, 1.54) is 19.5 Å². The molecule has 3 heterocycles. The highest BCUT2D eigenvalue weighted by Crippen LogP contribution is 2.30. The largest absolute Gasteiger partial charge is 0.477 e. The Labute approximate surface area is 201 Å². The molecule has 0 bridgehead atoms. The Morgan fingerprint density at radius 2 is 2.09 bits per heavy atom. The number of hydrogen-bond acceptors (Lipinski definition) is 10. The molecular formula is C21H24N6O5S2. The molecule has 0 saturated heterocycles. The molecule has 0 spiro atoms. The van der Waals surface area contributed by atoms with Gasteiger partial charge in [-0.2, -0.15) is 0 Å². The Morgan fingerprint density at radius 1 is 1.26 bits per heavy atom. The van der Waals surface area contributed by atoms with Crippen molar-refractivity contribution < 1.29 is 22.7 Å². The van der Waals surface area contributed by atoms with Crippen molar-refractivity contribution in [1.82, 2.24) is 25.3 Å². The van der Waals surface area contributed by atoms with Crippen molar-refractivity contribution in [3.8, 4) is 16.5 Å². The summed E-state index contributed by atoms with van der Waals surface area (Å²) in [5.41, 5.74) is 1.39. The second-order valence-corrected chi connectivity index (χ2v) is 10.5. The molecule has 0 aliphatic heterocycles. The van der Waals surface area contributed by atoms with Crippen molar-refractivity contribution in [3.63, 3.8) is 0 Å². The standard InChI is InChI=1S/C21H24N6O5S2/c1-3-32-19-11-22-9-16(25-19)18-10-24-21(33-18)20(28)26-17(12-31-2)15-8-13(6-7-23-15)27-34(29,30)14-4-5-14/h6-11,14,17H,3-5,12H2,1-2H3,(H,23,27)(H,26,28)/t17-/m0/s1. The average molecular weight is 505 g/mol. The van der Waals surface area contributed by atoms with Gasteiger partial charge in [-0.3, -0.25) is 19.5 Å². The van der Waals surface area contributed by atoms with Gasteiger partial charge < -0.3 is 14.8 Å². The van der Waals surface area contributed by atoms with Crippen LogP contribution >= 0.6 is 11.3 Å². The zero-order chi connectivity index (χ0) is 24.1. The molecule has 180 valence electrons. The number of methoxy groups -OCH3 is 1. The van der Waals surface area contributed by atoms with Crippen molar-refractivity contribution in [1.29, 1.82) is 0 Å². The molecule has 4 rings (SSSR count). The molecule has 3 aromatic heterocycles. The maximum absolute atomic E-state index is 12.9. The van der Waals surface area contributed by atoms with Crippen molar-refractivity contribution in [3.05, 3.63) is 47.6 Å². The van der Waals surface area contributed by atoms with E-state index in [0.29, 0.717) is 47.3 Å². The number of rotatable bonds is 11. The third-order valence-electron chi connectivity index (χ3n) is 4.86. The van der Waals surface area contributed by atoms with Crippen LogP contribution < -0.4 is 14.8 Å². The van der Waals surface area contributed by atoms with E-state index in [4.69, 9.17) is 9.47 Å². The molecule has 11 nitrogen and oxygen atoms in total. The Bertz CT molecular complexity index is 1260. The summed E-state index contributed by atoms with van der Waals surface area (Å²) in [5, 5.41) is 2.73. The van der Waals surface area contributed by atoms with Crippen LogP contribution in [-0.4, -0.2) is 59.8 Å². The van der Waals surface area contributed by atoms with Crippen LogP contribution in [0.25, 0.3) is 10.6 Å². The Morgan fingerprint density at radius 3 is 2.82 bits per heavy atom. The molecule has 1 fully saturated rings. The minimum absolute atomic E-state index is 0.137. The number of hydrogen-bond donors (Lipinski definition) is 2. The quantitative estimate of drug-likeness (QED) is 0.402. The molecule has 13 heteroatoms. The molecule has 1 atom stereocenters. The van der Waals surface area contributed by atoms with Gasteiger partial charge in [-0.1, -0.05) is 0 Å². The van der Waals surface area contributed by atoms with Gasteiger partial charge in [0, 0.05) is 19.5 Å². The van der Waals surface area contributed by atoms with Gasteiger partial charge in [0.1, 0.15) is 5.69 Å². The number of amides is 1. The maximum atomic E-state index is 12.9. The molecule has 0 unspecified atom stereocenters. The number of ether oxygens (including phenoxy) is 2. The van der Waals surface area contributed by atoms with Gasteiger partial charge in [0.2, 0.25) is 15.9 Å². The van der Waals surface area contributed by atoms with E-state index < -0.39 is 22.0 Å². The minimum Gasteiger partial charge on any atom is -0.477 e. The van der Waals surface area contributed by atoms with Gasteiger partial charge >= 0.3 is 0 Å². The summed E-state index contributed by atoms with van der Waals surface area (Å²) in [4.78, 5) is 30.6. The first-order valence-corrected chi connectivity index (χ1v) is 12.9. The Kier molecular flexibility index (Phi) is 7.34. The summed E-state index contributed by atoms with van der Waals surface area (Å²) in [6, 6.07) is 2.54. The fourth-order valence-electron chi connectivity index (χ4n) is 3.10. The molecule has 1 amide bonds. The predicted molar refractivity (Wildman–Crippen MR) is 126 cm³/mol. The SMILES string of the molecule is CCOc1cncc(-c2cnc(C(=O)N[C@@H](COC)c3cc(NS(=O)(=O)C4CC4)ccn3)s2)n1. The highest BCUT2D eigenvalue weighted by Gasteiger charge is 2.35. The number of carbonyl (C=O) groups is 1. The Balaban J connectivity index is 1.49. The van der Waals surface area contributed by atoms with Crippen LogP contribution in [0.4, 0.5) is 5.69 Å². The van der Waals surface area contributed by atoms with Crippen LogP contribution in [0.2, 0.25) is 0 Å². The fraction of sp³-hybridized carbons (Fsp3) is 0.381. The molecule has 34 heavy (non-hydrogen) atoms. The van der Waals surface area contributed by atoms with Gasteiger partial charge in [0.25, 0.3) is 5.91 Å². The van der Waals surface area contributed by atoms with E-state index in [9.17, 15) is 13.2 Å². The predicted octanol–water partition coefficient (Wildman–Crippen LogP) is 2.42. The molecule has 2 N–H and O–H groups in total. The summed E-state index contributed by atoms with van der Waals surface area (Å²) in [6.45, 7) is 2.46. The first-order valence-electron chi connectivity index (χ1n) is 10.6. The summed E-state index contributed by atoms with van der Waals surface area (Å²) >= 11 is 1.16. The first-order chi connectivity index (χ1) is 16.4. The zero-order valence-electron chi connectivity index (χ0n) is 18.6. The normalized spacial score (nSPS) is 14.4. The third kappa shape index (κ3) is 5.85. The van der Waals surface area contributed by atoms with Crippen LogP contribution in [0.5, 0.6) is 5.88 Å². The van der Waals surface area contributed by atoms with Crippen LogP contribution in [0.15, 0.2) is 36.9 Å². The van der Waals surface area contributed by atoms with Gasteiger partial charge in [0.15, 0.2) is 5.01 Å². The number of carbonyl (C=O) groups excluding carboxylic acids is 1. The minimum atomic E-state index is -3.42. The summed E-state index contributed by atoms with van der Waals surface area (Å²) in [5.74, 6) is -0.0270. The lowest BCUT2D eigenvalue weighted by Crippen LogP contribution is -2.32. The van der Waals surface area contributed by atoms with Crippen molar-refractivity contribution in [2.45, 2.75) is 31.1 Å². The summed E-state index contributed by atoms with van der Waals surface area (Å²) < 4.78 is 37.7. The zero-order valence-corrected chi connectivity index (χ0v) is 20.2. The van der Waals surface area contributed by atoms with Crippen molar-refractivity contribution in [2.75, 3.05) is 25.0 Å². The van der Waals surface area contributed by atoms with Gasteiger partial charge in [-0.05, 0) is 31.9 Å². The van der Waals surface area contributed by atoms with Crippen LogP contribution in [-0.2, 0) is 14.8 Å². The second-order valence-electron chi connectivity index (χ2n) is 7.50. The van der Waals surface area contributed by atoms with E-state index in [1.807, 2.05) is 6.92 Å². The van der Waals surface area contributed by atoms with Gasteiger partial charge in [-0.25, -0.2) is 18.4 Å². The Hall–Kier alpha value is -3.16. The molecular weight excluding hydrogens is 480 g/mol. The van der Waals surface area contributed by atoms with Gasteiger partial charge in [-0.15, -0.1) is 11.3 Å².